The first-order chi connectivity index (χ1) is 15.7. The lowest BCUT2D eigenvalue weighted by molar-refractivity contribution is -0.705. The van der Waals surface area contributed by atoms with Crippen molar-refractivity contribution in [3.05, 3.63) is 18.2 Å². The van der Waals surface area contributed by atoms with Crippen molar-refractivity contribution < 1.29 is 4.57 Å². The minimum absolute atomic E-state index is 0.608. The summed E-state index contributed by atoms with van der Waals surface area (Å²) in [4.78, 5) is 0. The first-order valence-corrected chi connectivity index (χ1v) is 14.8. The number of aromatic nitrogens is 2. The predicted octanol–water partition coefficient (Wildman–Crippen LogP) is 9.74. The third kappa shape index (κ3) is 14.4. The molecule has 32 heavy (non-hydrogen) atoms. The van der Waals surface area contributed by atoms with Crippen molar-refractivity contribution in [1.29, 1.82) is 0 Å². The zero-order valence-electron chi connectivity index (χ0n) is 22.7. The maximum atomic E-state index is 2.55. The molecule has 1 aromatic heterocycles. The zero-order chi connectivity index (χ0) is 23.3. The standard InChI is InChI=1S/C30H59N2/c1-5-7-9-11-13-14-15-16-17-18-20-22-24-26-32-28-27-31(30(32)29(3)4)25-23-21-19-12-10-8-6-2/h27-29H,5-26H2,1-4H3/q+1. The van der Waals surface area contributed by atoms with Crippen molar-refractivity contribution in [2.45, 2.75) is 175 Å². The fraction of sp³-hybridized carbons (Fsp3) is 0.900. The van der Waals surface area contributed by atoms with Crippen LogP contribution in [0.25, 0.3) is 0 Å². The van der Waals surface area contributed by atoms with Gasteiger partial charge < -0.3 is 0 Å². The molecule has 0 saturated heterocycles. The fourth-order valence-corrected chi connectivity index (χ4v) is 5.06. The van der Waals surface area contributed by atoms with Crippen LogP contribution in [-0.4, -0.2) is 4.57 Å². The quantitative estimate of drug-likeness (QED) is 0.117. The highest BCUT2D eigenvalue weighted by Crippen LogP contribution is 2.15. The molecule has 0 aliphatic rings. The number of rotatable bonds is 23. The van der Waals surface area contributed by atoms with Gasteiger partial charge in [0, 0.05) is 0 Å². The van der Waals surface area contributed by atoms with Crippen LogP contribution in [0.5, 0.6) is 0 Å². The first kappa shape index (κ1) is 29.2. The molecular weight excluding hydrogens is 388 g/mol. The summed E-state index contributed by atoms with van der Waals surface area (Å²) < 4.78 is 5.09. The Kier molecular flexibility index (Phi) is 19.0. The summed E-state index contributed by atoms with van der Waals surface area (Å²) in [5.41, 5.74) is 0. The second-order valence-electron chi connectivity index (χ2n) is 10.6. The Bertz CT molecular complexity index is 517. The molecule has 0 fully saturated rings. The maximum Gasteiger partial charge on any atom is 0.258 e. The van der Waals surface area contributed by atoms with Crippen LogP contribution < -0.4 is 4.57 Å². The Morgan fingerprint density at radius 2 is 1.00 bits per heavy atom. The second kappa shape index (κ2) is 20.8. The van der Waals surface area contributed by atoms with Crippen molar-refractivity contribution >= 4 is 0 Å². The van der Waals surface area contributed by atoms with E-state index in [2.05, 4.69) is 49.2 Å². The number of hydrogen-bond donors (Lipinski definition) is 0. The molecule has 0 amide bonds. The van der Waals surface area contributed by atoms with Gasteiger partial charge in [-0.3, -0.25) is 0 Å². The van der Waals surface area contributed by atoms with Gasteiger partial charge in [0.2, 0.25) is 0 Å². The zero-order valence-corrected chi connectivity index (χ0v) is 22.7. The third-order valence-electron chi connectivity index (χ3n) is 7.04. The van der Waals surface area contributed by atoms with Crippen LogP contribution in [0.2, 0.25) is 0 Å². The number of hydrogen-bond acceptors (Lipinski definition) is 0. The molecule has 0 N–H and O–H groups in total. The predicted molar refractivity (Wildman–Crippen MR) is 142 cm³/mol. The Hall–Kier alpha value is -0.790. The van der Waals surface area contributed by atoms with Crippen molar-refractivity contribution in [3.63, 3.8) is 0 Å². The van der Waals surface area contributed by atoms with Gasteiger partial charge in [0.15, 0.2) is 0 Å². The second-order valence-corrected chi connectivity index (χ2v) is 10.6. The van der Waals surface area contributed by atoms with Crippen molar-refractivity contribution in [3.8, 4) is 0 Å². The molecule has 2 heteroatoms. The van der Waals surface area contributed by atoms with Crippen LogP contribution in [0, 0.1) is 0 Å². The Morgan fingerprint density at radius 1 is 0.594 bits per heavy atom. The summed E-state index contributed by atoms with van der Waals surface area (Å²) in [5, 5.41) is 0. The summed E-state index contributed by atoms with van der Waals surface area (Å²) in [6.45, 7) is 11.7. The van der Waals surface area contributed by atoms with Gasteiger partial charge in [-0.1, -0.05) is 130 Å². The molecule has 1 aromatic rings. The highest BCUT2D eigenvalue weighted by Gasteiger charge is 2.19. The molecule has 0 aromatic carbocycles. The fourth-order valence-electron chi connectivity index (χ4n) is 5.06. The van der Waals surface area contributed by atoms with Gasteiger partial charge >= 0.3 is 0 Å². The molecule has 1 rings (SSSR count). The number of aryl methyl sites for hydroxylation is 2. The molecule has 0 spiro atoms. The highest BCUT2D eigenvalue weighted by molar-refractivity contribution is 4.89. The first-order valence-electron chi connectivity index (χ1n) is 14.8. The van der Waals surface area contributed by atoms with E-state index in [1.807, 2.05) is 0 Å². The molecule has 0 saturated carbocycles. The number of unbranched alkanes of at least 4 members (excludes halogenated alkanes) is 18. The van der Waals surface area contributed by atoms with E-state index in [4.69, 9.17) is 0 Å². The molecule has 0 atom stereocenters. The van der Waals surface area contributed by atoms with Gasteiger partial charge in [-0.25, -0.2) is 9.13 Å². The van der Waals surface area contributed by atoms with E-state index in [9.17, 15) is 0 Å². The lowest BCUT2D eigenvalue weighted by atomic mass is 10.0. The lowest BCUT2D eigenvalue weighted by Crippen LogP contribution is -2.38. The summed E-state index contributed by atoms with van der Waals surface area (Å²) in [6, 6.07) is 0. The SMILES string of the molecule is CCCCCCCCCCCCCCCn1cc[n+](CCCCCCCCC)c1C(C)C. The number of imidazole rings is 1. The lowest BCUT2D eigenvalue weighted by Gasteiger charge is -2.08. The molecule has 0 aliphatic heterocycles. The maximum absolute atomic E-state index is 2.55. The summed E-state index contributed by atoms with van der Waals surface area (Å²) >= 11 is 0. The topological polar surface area (TPSA) is 8.81 Å². The van der Waals surface area contributed by atoms with Crippen molar-refractivity contribution in [2.24, 2.45) is 0 Å². The smallest absolute Gasteiger partial charge is 0.234 e. The Morgan fingerprint density at radius 3 is 1.44 bits per heavy atom. The van der Waals surface area contributed by atoms with E-state index < -0.39 is 0 Å². The average molecular weight is 448 g/mol. The summed E-state index contributed by atoms with van der Waals surface area (Å²) in [5.74, 6) is 2.14. The van der Waals surface area contributed by atoms with Crippen LogP contribution in [-0.2, 0) is 13.1 Å². The normalized spacial score (nSPS) is 11.7. The van der Waals surface area contributed by atoms with Crippen LogP contribution in [0.1, 0.15) is 168 Å². The van der Waals surface area contributed by atoms with E-state index in [0.29, 0.717) is 5.92 Å². The van der Waals surface area contributed by atoms with Crippen molar-refractivity contribution in [1.82, 2.24) is 4.57 Å². The van der Waals surface area contributed by atoms with E-state index >= 15 is 0 Å². The highest BCUT2D eigenvalue weighted by atomic mass is 15.1. The average Bonchev–Trinajstić information content (AvgIpc) is 3.19. The van der Waals surface area contributed by atoms with E-state index in [1.54, 1.807) is 0 Å². The summed E-state index contributed by atoms with van der Waals surface area (Å²) in [6.07, 6.45) is 33.0. The molecule has 1 heterocycles. The monoisotopic (exact) mass is 447 g/mol. The van der Waals surface area contributed by atoms with E-state index in [0.717, 1.165) is 0 Å². The molecule has 188 valence electrons. The van der Waals surface area contributed by atoms with Crippen LogP contribution in [0.4, 0.5) is 0 Å². The van der Waals surface area contributed by atoms with Gasteiger partial charge in [-0.2, -0.15) is 0 Å². The molecule has 0 aliphatic carbocycles. The Balaban J connectivity index is 2.11. The minimum Gasteiger partial charge on any atom is -0.234 e. The van der Waals surface area contributed by atoms with Crippen LogP contribution in [0.15, 0.2) is 12.4 Å². The number of nitrogens with zero attached hydrogens (tertiary/aromatic N) is 2. The van der Waals surface area contributed by atoms with Gasteiger partial charge in [0.1, 0.15) is 12.4 Å². The van der Waals surface area contributed by atoms with Gasteiger partial charge in [-0.15, -0.1) is 0 Å². The summed E-state index contributed by atoms with van der Waals surface area (Å²) in [7, 11) is 0. The molecule has 0 radical (unpaired) electrons. The minimum atomic E-state index is 0.608. The molecule has 0 unspecified atom stereocenters. The Labute approximate surface area is 202 Å². The van der Waals surface area contributed by atoms with Gasteiger partial charge in [0.25, 0.3) is 5.82 Å². The van der Waals surface area contributed by atoms with E-state index in [1.165, 1.54) is 147 Å². The van der Waals surface area contributed by atoms with Gasteiger partial charge in [0.05, 0.1) is 19.0 Å². The van der Waals surface area contributed by atoms with Gasteiger partial charge in [-0.05, 0) is 25.7 Å². The van der Waals surface area contributed by atoms with E-state index in [-0.39, 0.29) is 0 Å². The van der Waals surface area contributed by atoms with Crippen LogP contribution >= 0.6 is 0 Å². The molecule has 2 nitrogen and oxygen atoms in total. The molecular formula is C30H59N2+. The third-order valence-corrected chi connectivity index (χ3v) is 7.04. The molecule has 0 bridgehead atoms. The van der Waals surface area contributed by atoms with Crippen molar-refractivity contribution in [2.75, 3.05) is 0 Å². The van der Waals surface area contributed by atoms with Crippen LogP contribution in [0.3, 0.4) is 0 Å². The largest absolute Gasteiger partial charge is 0.258 e.